The lowest BCUT2D eigenvalue weighted by atomic mass is 10.2. The molecule has 0 bridgehead atoms. The number of carbonyl (C=O) groups excluding carboxylic acids is 1. The SMILES string of the molecule is CCOc1cccn2c(C(=O)Nc3ccc(Cl)c(C(=O)O)c3)c(C)nc12. The number of aryl methyl sites for hydroxylation is 1. The summed E-state index contributed by atoms with van der Waals surface area (Å²) < 4.78 is 7.19. The summed E-state index contributed by atoms with van der Waals surface area (Å²) in [5.41, 5.74) is 1.65. The molecule has 2 heterocycles. The summed E-state index contributed by atoms with van der Waals surface area (Å²) >= 11 is 5.86. The normalized spacial score (nSPS) is 10.7. The Labute approximate surface area is 154 Å². The van der Waals surface area contributed by atoms with E-state index >= 15 is 0 Å². The summed E-state index contributed by atoms with van der Waals surface area (Å²) in [6, 6.07) is 7.82. The van der Waals surface area contributed by atoms with Crippen molar-refractivity contribution >= 4 is 34.8 Å². The Balaban J connectivity index is 1.98. The van der Waals surface area contributed by atoms with Gasteiger partial charge in [0.05, 0.1) is 22.9 Å². The van der Waals surface area contributed by atoms with Crippen LogP contribution in [0.4, 0.5) is 5.69 Å². The van der Waals surface area contributed by atoms with Crippen molar-refractivity contribution in [3.05, 3.63) is 58.5 Å². The molecule has 0 aliphatic carbocycles. The molecule has 0 spiro atoms. The lowest BCUT2D eigenvalue weighted by Crippen LogP contribution is -2.16. The molecule has 0 atom stereocenters. The number of hydrogen-bond donors (Lipinski definition) is 2. The molecule has 1 aromatic carbocycles. The first-order valence-corrected chi connectivity index (χ1v) is 8.24. The van der Waals surface area contributed by atoms with Crippen molar-refractivity contribution in [1.82, 2.24) is 9.38 Å². The van der Waals surface area contributed by atoms with Crippen molar-refractivity contribution in [3.63, 3.8) is 0 Å². The summed E-state index contributed by atoms with van der Waals surface area (Å²) in [4.78, 5) is 28.4. The van der Waals surface area contributed by atoms with E-state index in [1.807, 2.05) is 6.92 Å². The third-order valence-electron chi connectivity index (χ3n) is 3.76. The number of carboxylic acid groups (broad SMARTS) is 1. The molecule has 0 radical (unpaired) electrons. The van der Waals surface area contributed by atoms with E-state index in [0.29, 0.717) is 35.1 Å². The molecule has 3 rings (SSSR count). The lowest BCUT2D eigenvalue weighted by Gasteiger charge is -2.09. The number of nitrogens with one attached hydrogen (secondary N) is 1. The molecule has 134 valence electrons. The Kier molecular flexibility index (Phi) is 4.81. The monoisotopic (exact) mass is 373 g/mol. The highest BCUT2D eigenvalue weighted by molar-refractivity contribution is 6.33. The highest BCUT2D eigenvalue weighted by Gasteiger charge is 2.19. The zero-order valence-electron chi connectivity index (χ0n) is 14.1. The van der Waals surface area contributed by atoms with Gasteiger partial charge in [0.15, 0.2) is 11.4 Å². The first-order valence-electron chi connectivity index (χ1n) is 7.87. The fourth-order valence-corrected chi connectivity index (χ4v) is 2.85. The quantitative estimate of drug-likeness (QED) is 0.712. The number of imidazole rings is 1. The molecule has 2 aromatic heterocycles. The van der Waals surface area contributed by atoms with Gasteiger partial charge in [-0.1, -0.05) is 11.6 Å². The summed E-state index contributed by atoms with van der Waals surface area (Å²) in [5, 5.41) is 11.9. The fraction of sp³-hybridized carbons (Fsp3) is 0.167. The molecule has 7 nitrogen and oxygen atoms in total. The van der Waals surface area contributed by atoms with Crippen molar-refractivity contribution in [2.24, 2.45) is 0 Å². The first kappa shape index (κ1) is 17.8. The van der Waals surface area contributed by atoms with Gasteiger partial charge in [-0.2, -0.15) is 0 Å². The summed E-state index contributed by atoms with van der Waals surface area (Å²) in [6.07, 6.45) is 1.72. The van der Waals surface area contributed by atoms with Crippen LogP contribution in [0.2, 0.25) is 5.02 Å². The molecule has 2 N–H and O–H groups in total. The van der Waals surface area contributed by atoms with Crippen LogP contribution in [-0.2, 0) is 0 Å². The maximum absolute atomic E-state index is 12.8. The number of aromatic carboxylic acids is 1. The van der Waals surface area contributed by atoms with Crippen LogP contribution < -0.4 is 10.1 Å². The highest BCUT2D eigenvalue weighted by atomic mass is 35.5. The van der Waals surface area contributed by atoms with Crippen LogP contribution in [-0.4, -0.2) is 33.0 Å². The Bertz CT molecular complexity index is 1010. The highest BCUT2D eigenvalue weighted by Crippen LogP contribution is 2.24. The van der Waals surface area contributed by atoms with E-state index in [0.717, 1.165) is 0 Å². The molecular weight excluding hydrogens is 358 g/mol. The lowest BCUT2D eigenvalue weighted by molar-refractivity contribution is 0.0696. The second kappa shape index (κ2) is 7.05. The largest absolute Gasteiger partial charge is 0.490 e. The molecule has 8 heteroatoms. The Morgan fingerprint density at radius 3 is 2.81 bits per heavy atom. The molecule has 0 aliphatic heterocycles. The van der Waals surface area contributed by atoms with Gasteiger partial charge in [-0.25, -0.2) is 9.78 Å². The van der Waals surface area contributed by atoms with Gasteiger partial charge in [0.25, 0.3) is 5.91 Å². The number of benzene rings is 1. The smallest absolute Gasteiger partial charge is 0.337 e. The minimum Gasteiger partial charge on any atom is -0.490 e. The van der Waals surface area contributed by atoms with E-state index in [9.17, 15) is 9.59 Å². The summed E-state index contributed by atoms with van der Waals surface area (Å²) in [5.74, 6) is -1.00. The van der Waals surface area contributed by atoms with Crippen molar-refractivity contribution < 1.29 is 19.4 Å². The molecule has 26 heavy (non-hydrogen) atoms. The zero-order chi connectivity index (χ0) is 18.8. The number of hydrogen-bond acceptors (Lipinski definition) is 4. The maximum Gasteiger partial charge on any atom is 0.337 e. The zero-order valence-corrected chi connectivity index (χ0v) is 14.9. The number of pyridine rings is 1. The Morgan fingerprint density at radius 1 is 1.35 bits per heavy atom. The van der Waals surface area contributed by atoms with Crippen LogP contribution >= 0.6 is 11.6 Å². The Morgan fingerprint density at radius 2 is 2.12 bits per heavy atom. The topological polar surface area (TPSA) is 92.9 Å². The summed E-state index contributed by atoms with van der Waals surface area (Å²) in [6.45, 7) is 4.07. The third kappa shape index (κ3) is 3.21. The van der Waals surface area contributed by atoms with Crippen molar-refractivity contribution in [1.29, 1.82) is 0 Å². The van der Waals surface area contributed by atoms with Crippen LogP contribution in [0.25, 0.3) is 5.65 Å². The predicted molar refractivity (Wildman–Crippen MR) is 97.5 cm³/mol. The number of rotatable bonds is 5. The number of aromatic nitrogens is 2. The molecular formula is C18H16ClN3O4. The van der Waals surface area contributed by atoms with E-state index < -0.39 is 11.9 Å². The first-order chi connectivity index (χ1) is 12.4. The third-order valence-corrected chi connectivity index (χ3v) is 4.09. The van der Waals surface area contributed by atoms with E-state index in [1.165, 1.54) is 18.2 Å². The van der Waals surface area contributed by atoms with Gasteiger partial charge in [-0.05, 0) is 44.2 Å². The van der Waals surface area contributed by atoms with Gasteiger partial charge in [0.2, 0.25) is 0 Å². The molecule has 0 saturated heterocycles. The average Bonchev–Trinajstić information content (AvgIpc) is 2.93. The van der Waals surface area contributed by atoms with Crippen molar-refractivity contribution in [2.75, 3.05) is 11.9 Å². The van der Waals surface area contributed by atoms with Gasteiger partial charge in [0.1, 0.15) is 5.69 Å². The van der Waals surface area contributed by atoms with Crippen LogP contribution in [0.1, 0.15) is 33.5 Å². The van der Waals surface area contributed by atoms with Crippen LogP contribution in [0, 0.1) is 6.92 Å². The number of halogens is 1. The van der Waals surface area contributed by atoms with E-state index in [-0.39, 0.29) is 10.6 Å². The van der Waals surface area contributed by atoms with Crippen LogP contribution in [0.15, 0.2) is 36.5 Å². The Hall–Kier alpha value is -3.06. The van der Waals surface area contributed by atoms with E-state index in [2.05, 4.69) is 10.3 Å². The number of ether oxygens (including phenoxy) is 1. The number of carbonyl (C=O) groups is 2. The van der Waals surface area contributed by atoms with E-state index in [1.54, 1.807) is 29.7 Å². The molecule has 0 fully saturated rings. The standard InChI is InChI=1S/C18H16ClN3O4/c1-3-26-14-5-4-8-22-15(10(2)20-16(14)22)17(23)21-11-6-7-13(19)12(9-11)18(24)25/h4-9H,3H2,1-2H3,(H,21,23)(H,24,25). The maximum atomic E-state index is 12.8. The predicted octanol–water partition coefficient (Wildman–Crippen LogP) is 3.65. The number of anilines is 1. The van der Waals surface area contributed by atoms with Crippen molar-refractivity contribution in [2.45, 2.75) is 13.8 Å². The number of carboxylic acids is 1. The van der Waals surface area contributed by atoms with Crippen molar-refractivity contribution in [3.8, 4) is 5.75 Å². The van der Waals surface area contributed by atoms with Crippen LogP contribution in [0.5, 0.6) is 5.75 Å². The second-order valence-electron chi connectivity index (χ2n) is 5.50. The van der Waals surface area contributed by atoms with Gasteiger partial charge < -0.3 is 15.2 Å². The summed E-state index contributed by atoms with van der Waals surface area (Å²) in [7, 11) is 0. The molecule has 0 unspecified atom stereocenters. The molecule has 1 amide bonds. The van der Waals surface area contributed by atoms with Gasteiger partial charge in [-0.3, -0.25) is 9.20 Å². The molecule has 3 aromatic rings. The number of nitrogens with zero attached hydrogens (tertiary/aromatic N) is 2. The van der Waals surface area contributed by atoms with E-state index in [4.69, 9.17) is 21.4 Å². The minimum atomic E-state index is -1.17. The van der Waals surface area contributed by atoms with Crippen LogP contribution in [0.3, 0.4) is 0 Å². The minimum absolute atomic E-state index is 0.0852. The fourth-order valence-electron chi connectivity index (χ4n) is 2.65. The number of amides is 1. The second-order valence-corrected chi connectivity index (χ2v) is 5.91. The number of fused-ring (bicyclic) bond motifs is 1. The molecule has 0 saturated carbocycles. The average molecular weight is 374 g/mol. The van der Waals surface area contributed by atoms with Gasteiger partial charge in [0, 0.05) is 11.9 Å². The molecule has 0 aliphatic rings. The van der Waals surface area contributed by atoms with Gasteiger partial charge >= 0.3 is 5.97 Å². The van der Waals surface area contributed by atoms with Gasteiger partial charge in [-0.15, -0.1) is 0 Å².